The lowest BCUT2D eigenvalue weighted by Gasteiger charge is -2.35. The van der Waals surface area contributed by atoms with Crippen LogP contribution in [0, 0.1) is 19.8 Å². The minimum absolute atomic E-state index is 0.113. The maximum atomic E-state index is 13.5. The Morgan fingerprint density at radius 1 is 1.00 bits per heavy atom. The van der Waals surface area contributed by atoms with Crippen molar-refractivity contribution in [1.82, 2.24) is 19.9 Å². The standard InChI is InChI=1S/C24H30N6OS/c1-16-7-10-29(11-8-16)22-20-17(2)21(32-23(20)27-18(3)26-22)24(31)30-14-12-28(13-15-30)19-6-4-5-9-25-19/h4-6,9,16H,7-8,10-15H2,1-3H3. The van der Waals surface area contributed by atoms with Crippen LogP contribution in [-0.2, 0) is 0 Å². The highest BCUT2D eigenvalue weighted by Crippen LogP contribution is 2.37. The van der Waals surface area contributed by atoms with Crippen LogP contribution in [0.3, 0.4) is 0 Å². The van der Waals surface area contributed by atoms with Gasteiger partial charge in [0.25, 0.3) is 5.91 Å². The van der Waals surface area contributed by atoms with Crippen molar-refractivity contribution >= 4 is 39.1 Å². The van der Waals surface area contributed by atoms with Gasteiger partial charge in [-0.15, -0.1) is 11.3 Å². The van der Waals surface area contributed by atoms with Gasteiger partial charge in [0.15, 0.2) is 0 Å². The number of piperidine rings is 1. The van der Waals surface area contributed by atoms with Crippen LogP contribution in [0.2, 0.25) is 0 Å². The first-order valence-corrected chi connectivity index (χ1v) is 12.3. The third-order valence-corrected chi connectivity index (χ3v) is 7.87. The molecule has 2 saturated heterocycles. The van der Waals surface area contributed by atoms with Gasteiger partial charge in [-0.1, -0.05) is 13.0 Å². The summed E-state index contributed by atoms with van der Waals surface area (Å²) in [5, 5.41) is 1.06. The van der Waals surface area contributed by atoms with Crippen molar-refractivity contribution in [2.75, 3.05) is 49.1 Å². The first-order valence-electron chi connectivity index (χ1n) is 11.5. The molecule has 0 spiro atoms. The monoisotopic (exact) mass is 450 g/mol. The minimum Gasteiger partial charge on any atom is -0.356 e. The Hall–Kier alpha value is -2.74. The van der Waals surface area contributed by atoms with Gasteiger partial charge in [-0.25, -0.2) is 15.0 Å². The van der Waals surface area contributed by atoms with E-state index in [4.69, 9.17) is 9.97 Å². The molecule has 2 fully saturated rings. The third-order valence-electron chi connectivity index (χ3n) is 6.70. The quantitative estimate of drug-likeness (QED) is 0.603. The molecule has 0 N–H and O–H groups in total. The number of carbonyl (C=O) groups is 1. The van der Waals surface area contributed by atoms with Gasteiger partial charge in [0.05, 0.1) is 10.3 Å². The molecule has 2 aliphatic rings. The van der Waals surface area contributed by atoms with Crippen molar-refractivity contribution in [3.05, 3.63) is 40.7 Å². The number of pyridine rings is 1. The summed E-state index contributed by atoms with van der Waals surface area (Å²) in [6.45, 7) is 11.3. The molecule has 3 aromatic rings. The fourth-order valence-electron chi connectivity index (χ4n) is 4.70. The molecule has 0 bridgehead atoms. The predicted octanol–water partition coefficient (Wildman–Crippen LogP) is 3.90. The second-order valence-electron chi connectivity index (χ2n) is 8.97. The Morgan fingerprint density at radius 3 is 2.44 bits per heavy atom. The zero-order valence-electron chi connectivity index (χ0n) is 19.0. The number of rotatable bonds is 3. The summed E-state index contributed by atoms with van der Waals surface area (Å²) in [7, 11) is 0. The summed E-state index contributed by atoms with van der Waals surface area (Å²) < 4.78 is 0. The zero-order chi connectivity index (χ0) is 22.2. The van der Waals surface area contributed by atoms with Crippen LogP contribution < -0.4 is 9.80 Å². The number of piperazine rings is 1. The van der Waals surface area contributed by atoms with Crippen LogP contribution in [0.5, 0.6) is 0 Å². The molecular weight excluding hydrogens is 420 g/mol. The van der Waals surface area contributed by atoms with Gasteiger partial charge in [-0.05, 0) is 50.3 Å². The molecule has 0 aliphatic carbocycles. The van der Waals surface area contributed by atoms with Crippen molar-refractivity contribution in [2.24, 2.45) is 5.92 Å². The second kappa shape index (κ2) is 8.65. The lowest BCUT2D eigenvalue weighted by atomic mass is 9.99. The summed E-state index contributed by atoms with van der Waals surface area (Å²) in [5.74, 6) is 3.63. The first-order chi connectivity index (χ1) is 15.5. The molecule has 5 rings (SSSR count). The summed E-state index contributed by atoms with van der Waals surface area (Å²) >= 11 is 1.52. The molecular formula is C24H30N6OS. The van der Waals surface area contributed by atoms with E-state index in [1.165, 1.54) is 24.2 Å². The highest BCUT2D eigenvalue weighted by atomic mass is 32.1. The number of amides is 1. The number of fused-ring (bicyclic) bond motifs is 1. The number of aromatic nitrogens is 3. The Balaban J connectivity index is 1.39. The number of anilines is 2. The van der Waals surface area contributed by atoms with E-state index in [1.54, 1.807) is 0 Å². The molecule has 0 radical (unpaired) electrons. The normalized spacial score (nSPS) is 17.9. The summed E-state index contributed by atoms with van der Waals surface area (Å²) in [6.07, 6.45) is 4.18. The van der Waals surface area contributed by atoms with E-state index >= 15 is 0 Å². The highest BCUT2D eigenvalue weighted by Gasteiger charge is 2.29. The molecule has 3 aromatic heterocycles. The predicted molar refractivity (Wildman–Crippen MR) is 130 cm³/mol. The zero-order valence-corrected chi connectivity index (χ0v) is 19.9. The molecule has 0 unspecified atom stereocenters. The largest absolute Gasteiger partial charge is 0.356 e. The molecule has 0 saturated carbocycles. The maximum absolute atomic E-state index is 13.5. The Bertz CT molecular complexity index is 1110. The molecule has 0 atom stereocenters. The van der Waals surface area contributed by atoms with Crippen LogP contribution >= 0.6 is 11.3 Å². The Kier molecular flexibility index (Phi) is 5.71. The van der Waals surface area contributed by atoms with E-state index in [2.05, 4.69) is 28.6 Å². The average Bonchev–Trinajstić information content (AvgIpc) is 3.15. The topological polar surface area (TPSA) is 65.5 Å². The van der Waals surface area contributed by atoms with Gasteiger partial charge < -0.3 is 14.7 Å². The van der Waals surface area contributed by atoms with Crippen LogP contribution in [-0.4, -0.2) is 65.0 Å². The molecule has 2 aliphatic heterocycles. The summed E-state index contributed by atoms with van der Waals surface area (Å²) in [4.78, 5) is 35.8. The van der Waals surface area contributed by atoms with Crippen LogP contribution in [0.25, 0.3) is 10.2 Å². The van der Waals surface area contributed by atoms with E-state index < -0.39 is 0 Å². The minimum atomic E-state index is 0.113. The van der Waals surface area contributed by atoms with E-state index in [0.717, 1.165) is 70.2 Å². The van der Waals surface area contributed by atoms with E-state index in [0.29, 0.717) is 13.1 Å². The smallest absolute Gasteiger partial charge is 0.264 e. The number of hydrogen-bond acceptors (Lipinski definition) is 7. The second-order valence-corrected chi connectivity index (χ2v) is 9.97. The third kappa shape index (κ3) is 3.92. The lowest BCUT2D eigenvalue weighted by molar-refractivity contribution is 0.0751. The van der Waals surface area contributed by atoms with Crippen molar-refractivity contribution in [3.63, 3.8) is 0 Å². The molecule has 168 valence electrons. The highest BCUT2D eigenvalue weighted by molar-refractivity contribution is 7.20. The molecule has 5 heterocycles. The lowest BCUT2D eigenvalue weighted by Crippen LogP contribution is -2.49. The van der Waals surface area contributed by atoms with Gasteiger partial charge in [0, 0.05) is 45.5 Å². The van der Waals surface area contributed by atoms with E-state index in [1.807, 2.05) is 36.2 Å². The van der Waals surface area contributed by atoms with Crippen molar-refractivity contribution in [3.8, 4) is 0 Å². The molecule has 7 nitrogen and oxygen atoms in total. The summed E-state index contributed by atoms with van der Waals surface area (Å²) in [5.41, 5.74) is 1.02. The molecule has 1 amide bonds. The van der Waals surface area contributed by atoms with Gasteiger partial charge in [0.2, 0.25) is 0 Å². The van der Waals surface area contributed by atoms with Gasteiger partial charge in [0.1, 0.15) is 22.3 Å². The van der Waals surface area contributed by atoms with Crippen molar-refractivity contribution < 1.29 is 4.79 Å². The maximum Gasteiger partial charge on any atom is 0.264 e. The number of hydrogen-bond donors (Lipinski definition) is 0. The summed E-state index contributed by atoms with van der Waals surface area (Å²) in [6, 6.07) is 5.96. The number of carbonyl (C=O) groups excluding carboxylic acids is 1. The van der Waals surface area contributed by atoms with Gasteiger partial charge in [-0.3, -0.25) is 4.79 Å². The van der Waals surface area contributed by atoms with E-state index in [9.17, 15) is 4.79 Å². The van der Waals surface area contributed by atoms with E-state index in [-0.39, 0.29) is 5.91 Å². The fraction of sp³-hybridized carbons (Fsp3) is 0.500. The van der Waals surface area contributed by atoms with Gasteiger partial charge in [-0.2, -0.15) is 0 Å². The Morgan fingerprint density at radius 2 is 1.75 bits per heavy atom. The van der Waals surface area contributed by atoms with Gasteiger partial charge >= 0.3 is 0 Å². The molecule has 32 heavy (non-hydrogen) atoms. The number of nitrogens with zero attached hydrogens (tertiary/aromatic N) is 6. The number of aryl methyl sites for hydroxylation is 2. The van der Waals surface area contributed by atoms with Crippen LogP contribution in [0.1, 0.15) is 40.8 Å². The van der Waals surface area contributed by atoms with Crippen LogP contribution in [0.4, 0.5) is 11.6 Å². The first kappa shape index (κ1) is 21.1. The number of thiophene rings is 1. The average molecular weight is 451 g/mol. The Labute approximate surface area is 193 Å². The fourth-order valence-corrected chi connectivity index (χ4v) is 5.89. The SMILES string of the molecule is Cc1nc(N2CCC(C)CC2)c2c(C)c(C(=O)N3CCN(c4ccccn4)CC3)sc2n1. The molecule has 8 heteroatoms. The van der Waals surface area contributed by atoms with Crippen molar-refractivity contribution in [2.45, 2.75) is 33.6 Å². The molecule has 0 aromatic carbocycles. The van der Waals surface area contributed by atoms with Crippen molar-refractivity contribution in [1.29, 1.82) is 0 Å². The van der Waals surface area contributed by atoms with Crippen LogP contribution in [0.15, 0.2) is 24.4 Å².